The zero-order chi connectivity index (χ0) is 8.55. The highest BCUT2D eigenvalue weighted by atomic mass is 16.1. The van der Waals surface area contributed by atoms with Crippen LogP contribution in [0.4, 0.5) is 0 Å². The van der Waals surface area contributed by atoms with E-state index < -0.39 is 5.91 Å². The Morgan fingerprint density at radius 3 is 2.75 bits per heavy atom. The lowest BCUT2D eigenvalue weighted by Crippen LogP contribution is -1.97. The van der Waals surface area contributed by atoms with E-state index >= 15 is 0 Å². The van der Waals surface area contributed by atoms with Gasteiger partial charge in [-0.15, -0.1) is 0 Å². The fraction of sp³-hybridized carbons (Fsp3) is 0. The molecule has 3 nitrogen and oxygen atoms in total. The molecule has 0 spiro atoms. The number of fused-ring (bicyclic) bond motifs is 1. The monoisotopic (exact) mass is 159 g/mol. The minimum absolute atomic E-state index is 0.344. The fourth-order valence-corrected chi connectivity index (χ4v) is 1.20. The summed E-state index contributed by atoms with van der Waals surface area (Å²) in [7, 11) is 0. The van der Waals surface area contributed by atoms with Crippen molar-refractivity contribution in [3.63, 3.8) is 0 Å². The van der Waals surface area contributed by atoms with E-state index in [1.54, 1.807) is 6.07 Å². The van der Waals surface area contributed by atoms with Crippen LogP contribution in [0.25, 0.3) is 10.9 Å². The number of aromatic amines is 1. The van der Waals surface area contributed by atoms with Gasteiger partial charge in [0.2, 0.25) is 0 Å². The third-order valence-electron chi connectivity index (χ3n) is 1.77. The van der Waals surface area contributed by atoms with Crippen molar-refractivity contribution in [3.05, 3.63) is 36.0 Å². The summed E-state index contributed by atoms with van der Waals surface area (Å²) < 4.78 is 0. The van der Waals surface area contributed by atoms with Crippen LogP contribution in [0.15, 0.2) is 30.3 Å². The van der Waals surface area contributed by atoms with Gasteiger partial charge in [-0.3, -0.25) is 10.5 Å². The number of hydrogen-bond donors (Lipinski definition) is 1. The minimum atomic E-state index is -0.675. The Morgan fingerprint density at radius 1 is 1.33 bits per heavy atom. The number of aromatic nitrogens is 1. The summed E-state index contributed by atoms with van der Waals surface area (Å²) in [6, 6.07) is 9.25. The van der Waals surface area contributed by atoms with Crippen LogP contribution in [0.5, 0.6) is 0 Å². The van der Waals surface area contributed by atoms with Gasteiger partial charge in [0.05, 0.1) is 0 Å². The van der Waals surface area contributed by atoms with Gasteiger partial charge in [0.1, 0.15) is 5.69 Å². The summed E-state index contributed by atoms with van der Waals surface area (Å²) >= 11 is 0. The number of amides is 1. The average Bonchev–Trinajstić information content (AvgIpc) is 2.46. The average molecular weight is 159 g/mol. The van der Waals surface area contributed by atoms with Crippen LogP contribution < -0.4 is 5.73 Å². The predicted molar refractivity (Wildman–Crippen MR) is 45.7 cm³/mol. The van der Waals surface area contributed by atoms with Gasteiger partial charge in [0.25, 0.3) is 5.91 Å². The Morgan fingerprint density at radius 2 is 2.08 bits per heavy atom. The van der Waals surface area contributed by atoms with Crippen LogP contribution >= 0.6 is 0 Å². The molecule has 2 rings (SSSR count). The number of nitrogens with one attached hydrogen (secondary N) is 2. The molecule has 0 saturated carbocycles. The fourth-order valence-electron chi connectivity index (χ4n) is 1.20. The van der Waals surface area contributed by atoms with E-state index in [1.807, 2.05) is 24.3 Å². The molecule has 1 heterocycles. The van der Waals surface area contributed by atoms with Crippen molar-refractivity contribution < 1.29 is 4.79 Å². The molecule has 1 radical (unpaired) electrons. The van der Waals surface area contributed by atoms with Crippen molar-refractivity contribution in [3.8, 4) is 0 Å². The molecule has 2 N–H and O–H groups in total. The van der Waals surface area contributed by atoms with Gasteiger partial charge in [-0.25, -0.2) is 0 Å². The first kappa shape index (κ1) is 6.91. The highest BCUT2D eigenvalue weighted by Crippen LogP contribution is 2.13. The van der Waals surface area contributed by atoms with Crippen molar-refractivity contribution >= 4 is 16.8 Å². The predicted octanol–water partition coefficient (Wildman–Crippen LogP) is 1.59. The van der Waals surface area contributed by atoms with Crippen molar-refractivity contribution in [1.29, 1.82) is 0 Å². The summed E-state index contributed by atoms with van der Waals surface area (Å²) in [5.74, 6) is -0.675. The summed E-state index contributed by atoms with van der Waals surface area (Å²) in [5, 5.41) is 0.966. The third-order valence-corrected chi connectivity index (χ3v) is 1.77. The Bertz CT molecular complexity index is 398. The lowest BCUT2D eigenvalue weighted by molar-refractivity contribution is 0.0988. The van der Waals surface area contributed by atoms with Crippen LogP contribution in [-0.2, 0) is 0 Å². The molecule has 0 aliphatic rings. The zero-order valence-electron chi connectivity index (χ0n) is 6.29. The number of hydrogen-bond acceptors (Lipinski definition) is 1. The van der Waals surface area contributed by atoms with Crippen molar-refractivity contribution in [2.75, 3.05) is 0 Å². The summed E-state index contributed by atoms with van der Waals surface area (Å²) in [6.07, 6.45) is 0. The van der Waals surface area contributed by atoms with Gasteiger partial charge in [-0.2, -0.15) is 0 Å². The van der Waals surface area contributed by atoms with E-state index in [4.69, 9.17) is 5.73 Å². The Kier molecular flexibility index (Phi) is 1.37. The van der Waals surface area contributed by atoms with Gasteiger partial charge >= 0.3 is 0 Å². The van der Waals surface area contributed by atoms with Gasteiger partial charge in [-0.1, -0.05) is 18.2 Å². The first-order valence-corrected chi connectivity index (χ1v) is 3.61. The molecule has 1 aromatic heterocycles. The first-order chi connectivity index (χ1) is 5.77. The standard InChI is InChI=1S/C9H7N2O/c10-9(12)8-5-6-3-1-2-4-7(6)11-8/h1-5,10-11H. The topological polar surface area (TPSA) is 56.7 Å². The quantitative estimate of drug-likeness (QED) is 0.674. The van der Waals surface area contributed by atoms with Crippen molar-refractivity contribution in [2.24, 2.45) is 0 Å². The first-order valence-electron chi connectivity index (χ1n) is 3.61. The van der Waals surface area contributed by atoms with Gasteiger partial charge < -0.3 is 4.98 Å². The molecular formula is C9H7N2O. The summed E-state index contributed by atoms with van der Waals surface area (Å²) in [5.41, 5.74) is 8.12. The summed E-state index contributed by atoms with van der Waals surface area (Å²) in [4.78, 5) is 13.5. The van der Waals surface area contributed by atoms with Crippen molar-refractivity contribution in [2.45, 2.75) is 0 Å². The second-order valence-corrected chi connectivity index (χ2v) is 2.60. The Labute approximate surface area is 69.2 Å². The van der Waals surface area contributed by atoms with Crippen LogP contribution in [0.1, 0.15) is 10.5 Å². The van der Waals surface area contributed by atoms with E-state index in [1.165, 1.54) is 0 Å². The van der Waals surface area contributed by atoms with E-state index in [-0.39, 0.29) is 0 Å². The maximum absolute atomic E-state index is 10.7. The molecule has 2 aromatic rings. The number of H-pyrrole nitrogens is 1. The number of benzene rings is 1. The lowest BCUT2D eigenvalue weighted by Gasteiger charge is -1.84. The number of rotatable bonds is 1. The maximum atomic E-state index is 10.7. The van der Waals surface area contributed by atoms with Crippen LogP contribution in [-0.4, -0.2) is 10.9 Å². The molecule has 0 atom stereocenters. The highest BCUT2D eigenvalue weighted by molar-refractivity contribution is 5.96. The Hall–Kier alpha value is -1.77. The van der Waals surface area contributed by atoms with Gasteiger partial charge in [-0.05, 0) is 12.1 Å². The molecule has 0 aliphatic carbocycles. The third kappa shape index (κ3) is 0.955. The molecule has 1 aromatic carbocycles. The molecule has 0 bridgehead atoms. The van der Waals surface area contributed by atoms with Crippen molar-refractivity contribution in [1.82, 2.24) is 10.7 Å². The zero-order valence-corrected chi connectivity index (χ0v) is 6.29. The molecule has 0 fully saturated rings. The molecule has 1 amide bonds. The summed E-state index contributed by atoms with van der Waals surface area (Å²) in [6.45, 7) is 0. The smallest absolute Gasteiger partial charge is 0.286 e. The second-order valence-electron chi connectivity index (χ2n) is 2.60. The maximum Gasteiger partial charge on any atom is 0.286 e. The number of para-hydroxylation sites is 1. The molecule has 0 saturated heterocycles. The van der Waals surface area contributed by atoms with Crippen LogP contribution in [0, 0.1) is 0 Å². The minimum Gasteiger partial charge on any atom is -0.350 e. The lowest BCUT2D eigenvalue weighted by atomic mass is 10.2. The molecule has 0 unspecified atom stereocenters. The molecule has 59 valence electrons. The molecular weight excluding hydrogens is 152 g/mol. The normalized spacial score (nSPS) is 10.3. The van der Waals surface area contributed by atoms with E-state index in [2.05, 4.69) is 4.98 Å². The van der Waals surface area contributed by atoms with E-state index in [9.17, 15) is 4.79 Å². The number of carbonyl (C=O) groups excluding carboxylic acids is 1. The van der Waals surface area contributed by atoms with Gasteiger partial charge in [0.15, 0.2) is 0 Å². The van der Waals surface area contributed by atoms with E-state index in [0.29, 0.717) is 5.69 Å². The highest BCUT2D eigenvalue weighted by Gasteiger charge is 2.04. The van der Waals surface area contributed by atoms with Crippen LogP contribution in [0.3, 0.4) is 0 Å². The van der Waals surface area contributed by atoms with E-state index in [0.717, 1.165) is 10.9 Å². The molecule has 0 aliphatic heterocycles. The largest absolute Gasteiger partial charge is 0.350 e. The van der Waals surface area contributed by atoms with Crippen LogP contribution in [0.2, 0.25) is 0 Å². The Balaban J connectivity index is 2.70. The SMILES string of the molecule is [NH]C(=O)c1cc2ccccc2[nH]1. The molecule has 12 heavy (non-hydrogen) atoms. The number of carbonyl (C=O) groups is 1. The second kappa shape index (κ2) is 2.37. The molecule has 3 heteroatoms. The van der Waals surface area contributed by atoms with Gasteiger partial charge in [0, 0.05) is 10.9 Å².